The first kappa shape index (κ1) is 12.7. The number of methoxy groups -OCH3 is 1. The van der Waals surface area contributed by atoms with E-state index in [0.29, 0.717) is 11.7 Å². The molecule has 0 fully saturated rings. The van der Waals surface area contributed by atoms with E-state index in [1.807, 2.05) is 20.8 Å². The van der Waals surface area contributed by atoms with E-state index < -0.39 is 11.6 Å². The van der Waals surface area contributed by atoms with E-state index in [9.17, 15) is 5.11 Å². The Morgan fingerprint density at radius 1 is 1.44 bits per heavy atom. The number of aliphatic hydroxyl groups excluding tert-OH is 1. The second kappa shape index (κ2) is 4.65. The van der Waals surface area contributed by atoms with Crippen molar-refractivity contribution in [3.63, 3.8) is 0 Å². The van der Waals surface area contributed by atoms with E-state index in [4.69, 9.17) is 4.74 Å². The molecule has 5 heteroatoms. The van der Waals surface area contributed by atoms with Crippen LogP contribution in [0.5, 0.6) is 5.88 Å². The molecule has 1 heterocycles. The first-order valence-electron chi connectivity index (χ1n) is 5.20. The summed E-state index contributed by atoms with van der Waals surface area (Å²) in [6, 6.07) is 0. The quantitative estimate of drug-likeness (QED) is 0.810. The lowest BCUT2D eigenvalue weighted by Gasteiger charge is -2.30. The standard InChI is InChI=1S/C11H19N3O2/c1-7-9(12-6-13-10(7)16-5)14-11(3,4)8(2)15/h6,8,15H,1-5H3,(H,12,13,14). The van der Waals surface area contributed by atoms with Gasteiger partial charge in [0.1, 0.15) is 12.1 Å². The number of nitrogens with zero attached hydrogens (tertiary/aromatic N) is 2. The van der Waals surface area contributed by atoms with Gasteiger partial charge in [0.25, 0.3) is 0 Å². The molecule has 0 amide bonds. The topological polar surface area (TPSA) is 67.3 Å². The summed E-state index contributed by atoms with van der Waals surface area (Å²) in [6.45, 7) is 7.43. The van der Waals surface area contributed by atoms with Gasteiger partial charge in [-0.25, -0.2) is 9.97 Å². The van der Waals surface area contributed by atoms with Crippen molar-refractivity contribution in [2.24, 2.45) is 0 Å². The summed E-state index contributed by atoms with van der Waals surface area (Å²) in [4.78, 5) is 8.14. The van der Waals surface area contributed by atoms with Gasteiger partial charge in [0.15, 0.2) is 0 Å². The Hall–Kier alpha value is -1.36. The Balaban J connectivity index is 2.98. The van der Waals surface area contributed by atoms with E-state index >= 15 is 0 Å². The molecule has 0 radical (unpaired) electrons. The van der Waals surface area contributed by atoms with Crippen molar-refractivity contribution >= 4 is 5.82 Å². The van der Waals surface area contributed by atoms with Crippen LogP contribution in [0.15, 0.2) is 6.33 Å². The molecule has 0 aliphatic heterocycles. The van der Waals surface area contributed by atoms with Gasteiger partial charge in [-0.1, -0.05) is 0 Å². The van der Waals surface area contributed by atoms with Gasteiger partial charge in [-0.3, -0.25) is 0 Å². The van der Waals surface area contributed by atoms with Crippen molar-refractivity contribution in [1.82, 2.24) is 9.97 Å². The SMILES string of the molecule is COc1ncnc(NC(C)(C)C(C)O)c1C. The van der Waals surface area contributed by atoms with Crippen LogP contribution in [0.25, 0.3) is 0 Å². The van der Waals surface area contributed by atoms with Crippen LogP contribution in [0.2, 0.25) is 0 Å². The zero-order valence-corrected chi connectivity index (χ0v) is 10.4. The summed E-state index contributed by atoms with van der Waals surface area (Å²) in [5.41, 5.74) is 0.378. The zero-order valence-electron chi connectivity index (χ0n) is 10.4. The molecular formula is C11H19N3O2. The van der Waals surface area contributed by atoms with Crippen molar-refractivity contribution in [2.45, 2.75) is 39.3 Å². The minimum atomic E-state index is -0.493. The van der Waals surface area contributed by atoms with Crippen LogP contribution in [0.4, 0.5) is 5.82 Å². The van der Waals surface area contributed by atoms with E-state index in [2.05, 4.69) is 15.3 Å². The Morgan fingerprint density at radius 2 is 2.06 bits per heavy atom. The number of nitrogens with one attached hydrogen (secondary N) is 1. The van der Waals surface area contributed by atoms with Gasteiger partial charge in [-0.15, -0.1) is 0 Å². The fourth-order valence-corrected chi connectivity index (χ4v) is 1.18. The highest BCUT2D eigenvalue weighted by Gasteiger charge is 2.25. The van der Waals surface area contributed by atoms with Gasteiger partial charge in [0.05, 0.1) is 24.3 Å². The Bertz CT molecular complexity index is 364. The maximum Gasteiger partial charge on any atom is 0.221 e. The van der Waals surface area contributed by atoms with Gasteiger partial charge in [-0.2, -0.15) is 0 Å². The van der Waals surface area contributed by atoms with Crippen molar-refractivity contribution in [2.75, 3.05) is 12.4 Å². The highest BCUT2D eigenvalue weighted by molar-refractivity contribution is 5.49. The predicted molar refractivity (Wildman–Crippen MR) is 62.7 cm³/mol. The number of hydrogen-bond donors (Lipinski definition) is 2. The first-order chi connectivity index (χ1) is 7.38. The van der Waals surface area contributed by atoms with Crippen LogP contribution in [0.1, 0.15) is 26.3 Å². The summed E-state index contributed by atoms with van der Waals surface area (Å²) in [5, 5.41) is 12.8. The van der Waals surface area contributed by atoms with Crippen LogP contribution >= 0.6 is 0 Å². The molecule has 0 saturated carbocycles. The second-order valence-electron chi connectivity index (χ2n) is 4.38. The van der Waals surface area contributed by atoms with Crippen molar-refractivity contribution in [3.05, 3.63) is 11.9 Å². The maximum atomic E-state index is 9.62. The summed E-state index contributed by atoms with van der Waals surface area (Å²) >= 11 is 0. The smallest absolute Gasteiger partial charge is 0.221 e. The fourth-order valence-electron chi connectivity index (χ4n) is 1.18. The third-order valence-electron chi connectivity index (χ3n) is 2.72. The van der Waals surface area contributed by atoms with Crippen LogP contribution in [0, 0.1) is 6.92 Å². The summed E-state index contributed by atoms with van der Waals surface area (Å²) < 4.78 is 5.11. The lowest BCUT2D eigenvalue weighted by molar-refractivity contribution is 0.133. The lowest BCUT2D eigenvalue weighted by atomic mass is 9.98. The van der Waals surface area contributed by atoms with E-state index in [0.717, 1.165) is 5.56 Å². The maximum absolute atomic E-state index is 9.62. The monoisotopic (exact) mass is 225 g/mol. The molecule has 2 N–H and O–H groups in total. The van der Waals surface area contributed by atoms with E-state index in [-0.39, 0.29) is 0 Å². The molecule has 1 aromatic rings. The average molecular weight is 225 g/mol. The largest absolute Gasteiger partial charge is 0.481 e. The lowest BCUT2D eigenvalue weighted by Crippen LogP contribution is -2.42. The summed E-state index contributed by atoms with van der Waals surface area (Å²) in [6.07, 6.45) is 0.944. The number of hydrogen-bond acceptors (Lipinski definition) is 5. The zero-order chi connectivity index (χ0) is 12.3. The number of aromatic nitrogens is 2. The van der Waals surface area contributed by atoms with Crippen LogP contribution in [-0.2, 0) is 0 Å². The van der Waals surface area contributed by atoms with Crippen molar-refractivity contribution in [1.29, 1.82) is 0 Å². The van der Waals surface area contributed by atoms with Gasteiger partial charge in [0.2, 0.25) is 5.88 Å². The molecular weight excluding hydrogens is 206 g/mol. The predicted octanol–water partition coefficient (Wildman–Crippen LogP) is 1.36. The normalized spacial score (nSPS) is 13.4. The minimum Gasteiger partial charge on any atom is -0.481 e. The highest BCUT2D eigenvalue weighted by Crippen LogP contribution is 2.24. The van der Waals surface area contributed by atoms with Gasteiger partial charge >= 0.3 is 0 Å². The molecule has 1 rings (SSSR count). The fraction of sp³-hybridized carbons (Fsp3) is 0.636. The number of anilines is 1. The average Bonchev–Trinajstić information content (AvgIpc) is 2.20. The van der Waals surface area contributed by atoms with E-state index in [1.54, 1.807) is 14.0 Å². The highest BCUT2D eigenvalue weighted by atomic mass is 16.5. The number of rotatable bonds is 4. The van der Waals surface area contributed by atoms with Crippen LogP contribution < -0.4 is 10.1 Å². The second-order valence-corrected chi connectivity index (χ2v) is 4.38. The van der Waals surface area contributed by atoms with Crippen molar-refractivity contribution < 1.29 is 9.84 Å². The summed E-state index contributed by atoms with van der Waals surface area (Å²) in [5.74, 6) is 1.22. The molecule has 0 aliphatic rings. The molecule has 0 saturated heterocycles. The van der Waals surface area contributed by atoms with Gasteiger partial charge in [0, 0.05) is 0 Å². The number of ether oxygens (including phenoxy) is 1. The minimum absolute atomic E-state index is 0.454. The van der Waals surface area contributed by atoms with Crippen LogP contribution in [-0.4, -0.2) is 33.8 Å². The number of aliphatic hydroxyl groups is 1. The van der Waals surface area contributed by atoms with Gasteiger partial charge < -0.3 is 15.2 Å². The Kier molecular flexibility index (Phi) is 3.70. The molecule has 1 aromatic heterocycles. The Morgan fingerprint density at radius 3 is 2.56 bits per heavy atom. The molecule has 0 spiro atoms. The third kappa shape index (κ3) is 2.61. The van der Waals surface area contributed by atoms with Gasteiger partial charge in [-0.05, 0) is 27.7 Å². The van der Waals surface area contributed by atoms with Crippen LogP contribution in [0.3, 0.4) is 0 Å². The summed E-state index contributed by atoms with van der Waals surface area (Å²) in [7, 11) is 1.57. The molecule has 16 heavy (non-hydrogen) atoms. The molecule has 5 nitrogen and oxygen atoms in total. The third-order valence-corrected chi connectivity index (χ3v) is 2.72. The molecule has 1 atom stereocenters. The van der Waals surface area contributed by atoms with E-state index in [1.165, 1.54) is 6.33 Å². The molecule has 0 aromatic carbocycles. The molecule has 1 unspecified atom stereocenters. The molecule has 0 aliphatic carbocycles. The Labute approximate surface area is 95.9 Å². The molecule has 90 valence electrons. The van der Waals surface area contributed by atoms with Crippen molar-refractivity contribution in [3.8, 4) is 5.88 Å². The molecule has 0 bridgehead atoms. The first-order valence-corrected chi connectivity index (χ1v) is 5.20.